The number of rotatable bonds is 8. The Balaban J connectivity index is 2.17. The number of amides is 1. The van der Waals surface area contributed by atoms with Crippen molar-refractivity contribution in [3.63, 3.8) is 0 Å². The average Bonchev–Trinajstić information content (AvgIpc) is 2.73. The second-order valence-electron chi connectivity index (χ2n) is 5.87. The van der Waals surface area contributed by atoms with Gasteiger partial charge in [-0.3, -0.25) is 14.9 Å². The van der Waals surface area contributed by atoms with E-state index in [0.717, 1.165) is 6.07 Å². The highest BCUT2D eigenvalue weighted by molar-refractivity contribution is 6.33. The van der Waals surface area contributed by atoms with E-state index in [1.54, 1.807) is 0 Å². The molecule has 2 aromatic rings. The number of esters is 1. The molecular formula is C19H19ClN2O8. The molecule has 0 spiro atoms. The fourth-order valence-corrected chi connectivity index (χ4v) is 2.60. The minimum Gasteiger partial charge on any atom is -0.493 e. The third-order valence-corrected chi connectivity index (χ3v) is 4.30. The van der Waals surface area contributed by atoms with Crippen LogP contribution in [0.1, 0.15) is 17.3 Å². The quantitative estimate of drug-likeness (QED) is 0.377. The maximum Gasteiger partial charge on any atom is 0.339 e. The Kier molecular flexibility index (Phi) is 7.43. The highest BCUT2D eigenvalue weighted by atomic mass is 35.5. The van der Waals surface area contributed by atoms with Crippen molar-refractivity contribution in [3.8, 4) is 17.2 Å². The first kappa shape index (κ1) is 22.8. The molecule has 160 valence electrons. The fraction of sp³-hybridized carbons (Fsp3) is 0.263. The maximum atomic E-state index is 12.5. The van der Waals surface area contributed by atoms with Crippen LogP contribution in [0.5, 0.6) is 17.2 Å². The Morgan fingerprint density at radius 2 is 1.67 bits per heavy atom. The second-order valence-corrected chi connectivity index (χ2v) is 6.28. The van der Waals surface area contributed by atoms with Crippen LogP contribution in [-0.2, 0) is 9.53 Å². The third-order valence-electron chi connectivity index (χ3n) is 3.97. The number of nitro groups is 1. The van der Waals surface area contributed by atoms with Crippen molar-refractivity contribution in [1.29, 1.82) is 0 Å². The largest absolute Gasteiger partial charge is 0.493 e. The molecule has 11 heteroatoms. The Labute approximate surface area is 176 Å². The van der Waals surface area contributed by atoms with E-state index in [1.165, 1.54) is 52.5 Å². The molecule has 0 aromatic heterocycles. The van der Waals surface area contributed by atoms with Gasteiger partial charge in [-0.05, 0) is 25.1 Å². The number of methoxy groups -OCH3 is 3. The van der Waals surface area contributed by atoms with Crippen molar-refractivity contribution in [2.24, 2.45) is 0 Å². The number of non-ortho nitro benzene ring substituents is 1. The van der Waals surface area contributed by atoms with Crippen LogP contribution >= 0.6 is 11.6 Å². The van der Waals surface area contributed by atoms with Crippen LogP contribution in [0.15, 0.2) is 30.3 Å². The highest BCUT2D eigenvalue weighted by Gasteiger charge is 2.23. The fourth-order valence-electron chi connectivity index (χ4n) is 2.44. The lowest BCUT2D eigenvalue weighted by Crippen LogP contribution is -2.30. The SMILES string of the molecule is COc1cc(C(=O)OC(C)C(=O)Nc2cc([N+](=O)[O-])ccc2Cl)cc(OC)c1OC. The molecule has 0 bridgehead atoms. The molecule has 1 N–H and O–H groups in total. The number of hydrogen-bond donors (Lipinski definition) is 1. The molecule has 10 nitrogen and oxygen atoms in total. The number of hydrogen-bond acceptors (Lipinski definition) is 8. The van der Waals surface area contributed by atoms with E-state index in [1.807, 2.05) is 0 Å². The molecule has 0 heterocycles. The average molecular weight is 439 g/mol. The zero-order valence-corrected chi connectivity index (χ0v) is 17.3. The number of nitrogens with zero attached hydrogens (tertiary/aromatic N) is 1. The number of nitro benzene ring substituents is 1. The normalized spacial score (nSPS) is 11.2. The van der Waals surface area contributed by atoms with Crippen LogP contribution in [0, 0.1) is 10.1 Å². The predicted octanol–water partition coefficient (Wildman–Crippen LogP) is 3.46. The lowest BCUT2D eigenvalue weighted by molar-refractivity contribution is -0.384. The van der Waals surface area contributed by atoms with Crippen molar-refractivity contribution in [2.75, 3.05) is 26.6 Å². The lowest BCUT2D eigenvalue weighted by Gasteiger charge is -2.16. The molecule has 1 unspecified atom stereocenters. The summed E-state index contributed by atoms with van der Waals surface area (Å²) in [4.78, 5) is 35.1. The van der Waals surface area contributed by atoms with Crippen LogP contribution < -0.4 is 19.5 Å². The molecule has 0 radical (unpaired) electrons. The van der Waals surface area contributed by atoms with Gasteiger partial charge >= 0.3 is 5.97 Å². The molecule has 2 rings (SSSR count). The summed E-state index contributed by atoms with van der Waals surface area (Å²) in [5.74, 6) is -0.767. The molecule has 0 fully saturated rings. The summed E-state index contributed by atoms with van der Waals surface area (Å²) in [6, 6.07) is 6.35. The number of nitrogens with one attached hydrogen (secondary N) is 1. The summed E-state index contributed by atoms with van der Waals surface area (Å²) < 4.78 is 20.7. The van der Waals surface area contributed by atoms with Gasteiger partial charge in [0, 0.05) is 12.1 Å². The topological polar surface area (TPSA) is 126 Å². The van der Waals surface area contributed by atoms with Crippen LogP contribution in [0.2, 0.25) is 5.02 Å². The molecule has 2 aromatic carbocycles. The molecular weight excluding hydrogens is 420 g/mol. The van der Waals surface area contributed by atoms with Gasteiger partial charge in [0.2, 0.25) is 5.75 Å². The van der Waals surface area contributed by atoms with Gasteiger partial charge in [-0.2, -0.15) is 0 Å². The molecule has 0 saturated heterocycles. The summed E-state index contributed by atoms with van der Waals surface area (Å²) in [6.07, 6.45) is -1.23. The summed E-state index contributed by atoms with van der Waals surface area (Å²) in [7, 11) is 4.21. The molecule has 1 atom stereocenters. The summed E-state index contributed by atoms with van der Waals surface area (Å²) in [5.41, 5.74) is -0.166. The van der Waals surface area contributed by atoms with Gasteiger partial charge < -0.3 is 24.3 Å². The monoisotopic (exact) mass is 438 g/mol. The number of carbonyl (C=O) groups excluding carboxylic acids is 2. The molecule has 1 amide bonds. The van der Waals surface area contributed by atoms with Gasteiger partial charge in [0.25, 0.3) is 11.6 Å². The van der Waals surface area contributed by atoms with Gasteiger partial charge in [0.05, 0.1) is 42.5 Å². The number of halogens is 1. The van der Waals surface area contributed by atoms with E-state index >= 15 is 0 Å². The first-order chi connectivity index (χ1) is 14.2. The Morgan fingerprint density at radius 3 is 2.17 bits per heavy atom. The smallest absolute Gasteiger partial charge is 0.339 e. The van der Waals surface area contributed by atoms with Gasteiger partial charge in [0.15, 0.2) is 17.6 Å². The van der Waals surface area contributed by atoms with Crippen LogP contribution in [0.4, 0.5) is 11.4 Å². The van der Waals surface area contributed by atoms with Crippen molar-refractivity contribution >= 4 is 34.9 Å². The summed E-state index contributed by atoms with van der Waals surface area (Å²) in [6.45, 7) is 1.34. The standard InChI is InChI=1S/C19H19ClN2O8/c1-10(18(23)21-14-9-12(22(25)26)5-6-13(14)20)30-19(24)11-7-15(27-2)17(29-4)16(8-11)28-3/h5-10H,1-4H3,(H,21,23). The Hall–Kier alpha value is -3.53. The minimum absolute atomic E-state index is 0.0200. The number of ether oxygens (including phenoxy) is 4. The van der Waals surface area contributed by atoms with Crippen molar-refractivity contribution in [2.45, 2.75) is 13.0 Å². The first-order valence-electron chi connectivity index (χ1n) is 8.47. The van der Waals surface area contributed by atoms with Crippen LogP contribution in [0.25, 0.3) is 0 Å². The minimum atomic E-state index is -1.23. The van der Waals surface area contributed by atoms with Crippen LogP contribution in [-0.4, -0.2) is 44.2 Å². The summed E-state index contributed by atoms with van der Waals surface area (Å²) >= 11 is 5.96. The second kappa shape index (κ2) is 9.79. The van der Waals surface area contributed by atoms with Gasteiger partial charge in [-0.1, -0.05) is 11.6 Å². The van der Waals surface area contributed by atoms with Crippen molar-refractivity contribution < 1.29 is 33.5 Å². The lowest BCUT2D eigenvalue weighted by atomic mass is 10.2. The number of benzene rings is 2. The third kappa shape index (κ3) is 5.09. The number of carbonyl (C=O) groups is 2. The molecule has 0 aliphatic rings. The molecule has 30 heavy (non-hydrogen) atoms. The Morgan fingerprint density at radius 1 is 1.07 bits per heavy atom. The molecule has 0 aliphatic carbocycles. The van der Waals surface area contributed by atoms with Gasteiger partial charge in [-0.15, -0.1) is 0 Å². The zero-order valence-electron chi connectivity index (χ0n) is 16.6. The van der Waals surface area contributed by atoms with Crippen LogP contribution in [0.3, 0.4) is 0 Å². The van der Waals surface area contributed by atoms with E-state index in [0.29, 0.717) is 5.75 Å². The maximum absolute atomic E-state index is 12.5. The van der Waals surface area contributed by atoms with E-state index in [9.17, 15) is 19.7 Å². The summed E-state index contributed by atoms with van der Waals surface area (Å²) in [5, 5.41) is 13.4. The van der Waals surface area contributed by atoms with E-state index in [4.69, 9.17) is 30.5 Å². The molecule has 0 saturated carbocycles. The molecule has 0 aliphatic heterocycles. The van der Waals surface area contributed by atoms with Crippen molar-refractivity contribution in [1.82, 2.24) is 0 Å². The van der Waals surface area contributed by atoms with Gasteiger partial charge in [0.1, 0.15) is 0 Å². The van der Waals surface area contributed by atoms with Crippen molar-refractivity contribution in [3.05, 3.63) is 51.0 Å². The highest BCUT2D eigenvalue weighted by Crippen LogP contribution is 2.38. The van der Waals surface area contributed by atoms with Gasteiger partial charge in [-0.25, -0.2) is 4.79 Å². The first-order valence-corrected chi connectivity index (χ1v) is 8.85. The zero-order chi connectivity index (χ0) is 22.4. The van der Waals surface area contributed by atoms with E-state index in [-0.39, 0.29) is 33.5 Å². The predicted molar refractivity (Wildman–Crippen MR) is 108 cm³/mol. The van der Waals surface area contributed by atoms with E-state index in [2.05, 4.69) is 5.32 Å². The van der Waals surface area contributed by atoms with E-state index < -0.39 is 22.9 Å². The Bertz CT molecular complexity index is 954. The number of anilines is 1.